The number of hydrogen-bond acceptors (Lipinski definition) is 4. The van der Waals surface area contributed by atoms with Crippen LogP contribution in [0.4, 0.5) is 0 Å². The van der Waals surface area contributed by atoms with Crippen molar-refractivity contribution in [2.24, 2.45) is 5.73 Å². The van der Waals surface area contributed by atoms with Crippen LogP contribution in [0.2, 0.25) is 0 Å². The number of amides is 1. The van der Waals surface area contributed by atoms with Crippen LogP contribution in [0.1, 0.15) is 48.3 Å². The lowest BCUT2D eigenvalue weighted by Gasteiger charge is -2.31. The normalized spacial score (nSPS) is 16.8. The number of aliphatic hydroxyl groups is 1. The number of piperidine rings is 1. The number of carbonyl (C=O) groups excluding carboxylic acids is 1. The molecule has 0 spiro atoms. The second-order valence-corrected chi connectivity index (χ2v) is 6.50. The summed E-state index contributed by atoms with van der Waals surface area (Å²) in [6.45, 7) is 6.04. The number of carbonyl (C=O) groups is 1. The van der Waals surface area contributed by atoms with E-state index in [1.165, 1.54) is 6.42 Å². The van der Waals surface area contributed by atoms with E-state index in [9.17, 15) is 9.90 Å². The Labute approximate surface area is 142 Å². The summed E-state index contributed by atoms with van der Waals surface area (Å²) in [5.74, 6) is 0.875. The Balaban J connectivity index is 1.97. The molecule has 2 aromatic rings. The van der Waals surface area contributed by atoms with Gasteiger partial charge >= 0.3 is 0 Å². The van der Waals surface area contributed by atoms with Gasteiger partial charge in [0.05, 0.1) is 17.7 Å². The molecule has 3 N–H and O–H groups in total. The molecule has 6 nitrogen and oxygen atoms in total. The first kappa shape index (κ1) is 16.9. The minimum absolute atomic E-state index is 0.0495. The van der Waals surface area contributed by atoms with Crippen molar-refractivity contribution in [1.29, 1.82) is 0 Å². The summed E-state index contributed by atoms with van der Waals surface area (Å²) in [6.07, 6.45) is 3.29. The Kier molecular flexibility index (Phi) is 5.16. The molecule has 0 atom stereocenters. The number of primary amides is 1. The Hall–Kier alpha value is -1.92. The fraction of sp³-hybridized carbons (Fsp3) is 0.556. The number of imidazole rings is 1. The first-order valence-electron chi connectivity index (χ1n) is 8.77. The summed E-state index contributed by atoms with van der Waals surface area (Å²) in [7, 11) is 0. The van der Waals surface area contributed by atoms with Crippen LogP contribution in [0.15, 0.2) is 18.2 Å². The summed E-state index contributed by atoms with van der Waals surface area (Å²) in [4.78, 5) is 19.0. The van der Waals surface area contributed by atoms with Gasteiger partial charge in [0, 0.05) is 12.5 Å². The Bertz CT molecular complexity index is 717. The smallest absolute Gasteiger partial charge is 0.250 e. The van der Waals surface area contributed by atoms with E-state index in [1.807, 2.05) is 12.1 Å². The van der Waals surface area contributed by atoms with Crippen LogP contribution in [0.3, 0.4) is 0 Å². The van der Waals surface area contributed by atoms with Crippen molar-refractivity contribution in [3.63, 3.8) is 0 Å². The molecule has 1 aromatic carbocycles. The maximum absolute atomic E-state index is 11.7. The number of nitrogens with two attached hydrogens (primary N) is 1. The molecule has 3 rings (SSSR count). The Morgan fingerprint density at radius 3 is 2.71 bits per heavy atom. The first-order chi connectivity index (χ1) is 11.7. The van der Waals surface area contributed by atoms with E-state index in [0.29, 0.717) is 23.5 Å². The van der Waals surface area contributed by atoms with Crippen LogP contribution in [-0.2, 0) is 6.54 Å². The molecule has 130 valence electrons. The van der Waals surface area contributed by atoms with E-state index in [4.69, 9.17) is 10.7 Å². The van der Waals surface area contributed by atoms with Gasteiger partial charge in [-0.05, 0) is 51.0 Å². The summed E-state index contributed by atoms with van der Waals surface area (Å²) >= 11 is 0. The molecule has 1 aliphatic heterocycles. The van der Waals surface area contributed by atoms with E-state index in [2.05, 4.69) is 16.4 Å². The molecule has 0 bridgehead atoms. The predicted molar refractivity (Wildman–Crippen MR) is 94.0 cm³/mol. The van der Waals surface area contributed by atoms with Gasteiger partial charge in [0.15, 0.2) is 0 Å². The molecule has 0 aliphatic carbocycles. The molecule has 0 saturated carbocycles. The van der Waals surface area contributed by atoms with Gasteiger partial charge in [0.2, 0.25) is 0 Å². The minimum atomic E-state index is -0.460. The zero-order chi connectivity index (χ0) is 17.1. The average molecular weight is 330 g/mol. The van der Waals surface area contributed by atoms with Crippen LogP contribution < -0.4 is 5.73 Å². The number of nitrogens with zero attached hydrogens (tertiary/aromatic N) is 3. The molecule has 1 aromatic heterocycles. The molecule has 1 fully saturated rings. The van der Waals surface area contributed by atoms with Crippen molar-refractivity contribution in [2.45, 2.75) is 38.6 Å². The highest BCUT2D eigenvalue weighted by atomic mass is 16.3. The van der Waals surface area contributed by atoms with Gasteiger partial charge < -0.3 is 20.3 Å². The quantitative estimate of drug-likeness (QED) is 0.844. The molecule has 6 heteroatoms. The number of hydrogen-bond donors (Lipinski definition) is 2. The lowest BCUT2D eigenvalue weighted by atomic mass is 9.95. The number of rotatable bonds is 6. The Morgan fingerprint density at radius 1 is 1.33 bits per heavy atom. The molecular weight excluding hydrogens is 304 g/mol. The van der Waals surface area contributed by atoms with E-state index >= 15 is 0 Å². The number of fused-ring (bicyclic) bond motifs is 1. The highest BCUT2D eigenvalue weighted by Crippen LogP contribution is 2.31. The van der Waals surface area contributed by atoms with E-state index in [1.54, 1.807) is 6.07 Å². The van der Waals surface area contributed by atoms with Crippen molar-refractivity contribution in [1.82, 2.24) is 14.5 Å². The predicted octanol–water partition coefficient (Wildman–Crippen LogP) is 1.72. The first-order valence-corrected chi connectivity index (χ1v) is 8.77. The highest BCUT2D eigenvalue weighted by Gasteiger charge is 2.26. The molecule has 0 radical (unpaired) electrons. The highest BCUT2D eigenvalue weighted by molar-refractivity contribution is 6.04. The van der Waals surface area contributed by atoms with Gasteiger partial charge in [0.1, 0.15) is 11.3 Å². The summed E-state index contributed by atoms with van der Waals surface area (Å²) in [5.41, 5.74) is 7.49. The third-order valence-corrected chi connectivity index (χ3v) is 4.89. The number of aromatic nitrogens is 2. The number of aliphatic hydroxyl groups excluding tert-OH is 1. The van der Waals surface area contributed by atoms with Crippen molar-refractivity contribution in [3.05, 3.63) is 29.6 Å². The lowest BCUT2D eigenvalue weighted by molar-refractivity contribution is 0.100. The standard InChI is InChI=1S/C18H26N4O2/c1-2-8-21-9-6-13(7-10-21)18-20-16-14(17(19)24)4-3-5-15(16)22(18)11-12-23/h3-5,13,23H,2,6-12H2,1H3,(H2,19,24). The van der Waals surface area contributed by atoms with Gasteiger partial charge in [0.25, 0.3) is 5.91 Å². The molecule has 0 unspecified atom stereocenters. The van der Waals surface area contributed by atoms with Gasteiger partial charge in [-0.2, -0.15) is 0 Å². The fourth-order valence-corrected chi connectivity index (χ4v) is 3.74. The van der Waals surface area contributed by atoms with Crippen LogP contribution in [0, 0.1) is 0 Å². The molecule has 24 heavy (non-hydrogen) atoms. The molecule has 1 aliphatic rings. The molecular formula is C18H26N4O2. The zero-order valence-electron chi connectivity index (χ0n) is 14.2. The van der Waals surface area contributed by atoms with Gasteiger partial charge in [-0.3, -0.25) is 4.79 Å². The van der Waals surface area contributed by atoms with E-state index in [-0.39, 0.29) is 6.61 Å². The number of para-hydroxylation sites is 1. The zero-order valence-corrected chi connectivity index (χ0v) is 14.2. The minimum Gasteiger partial charge on any atom is -0.395 e. The Morgan fingerprint density at radius 2 is 2.08 bits per heavy atom. The summed E-state index contributed by atoms with van der Waals surface area (Å²) in [5, 5.41) is 9.46. The topological polar surface area (TPSA) is 84.4 Å². The number of benzene rings is 1. The SMILES string of the molecule is CCCN1CCC(c2nc3c(C(N)=O)cccc3n2CCO)CC1. The second kappa shape index (κ2) is 7.32. The van der Waals surface area contributed by atoms with E-state index in [0.717, 1.165) is 43.8 Å². The van der Waals surface area contributed by atoms with Crippen molar-refractivity contribution >= 4 is 16.9 Å². The number of likely N-dealkylation sites (tertiary alicyclic amines) is 1. The van der Waals surface area contributed by atoms with Gasteiger partial charge in [-0.1, -0.05) is 13.0 Å². The van der Waals surface area contributed by atoms with Crippen LogP contribution >= 0.6 is 0 Å². The molecule has 2 heterocycles. The third-order valence-electron chi connectivity index (χ3n) is 4.89. The van der Waals surface area contributed by atoms with Gasteiger partial charge in [-0.25, -0.2) is 4.98 Å². The maximum atomic E-state index is 11.7. The fourth-order valence-electron chi connectivity index (χ4n) is 3.74. The summed E-state index contributed by atoms with van der Waals surface area (Å²) < 4.78 is 2.06. The van der Waals surface area contributed by atoms with Crippen LogP contribution in [0.25, 0.3) is 11.0 Å². The van der Waals surface area contributed by atoms with Crippen molar-refractivity contribution in [3.8, 4) is 0 Å². The van der Waals surface area contributed by atoms with Crippen molar-refractivity contribution < 1.29 is 9.90 Å². The lowest BCUT2D eigenvalue weighted by Crippen LogP contribution is -2.34. The van der Waals surface area contributed by atoms with E-state index < -0.39 is 5.91 Å². The van der Waals surface area contributed by atoms with Crippen LogP contribution in [0.5, 0.6) is 0 Å². The monoisotopic (exact) mass is 330 g/mol. The maximum Gasteiger partial charge on any atom is 0.250 e. The van der Waals surface area contributed by atoms with Gasteiger partial charge in [-0.15, -0.1) is 0 Å². The molecule has 1 amide bonds. The summed E-state index contributed by atoms with van der Waals surface area (Å²) in [6, 6.07) is 5.49. The average Bonchev–Trinajstić information content (AvgIpc) is 2.95. The largest absolute Gasteiger partial charge is 0.395 e. The third kappa shape index (κ3) is 3.16. The van der Waals surface area contributed by atoms with Crippen molar-refractivity contribution in [2.75, 3.05) is 26.2 Å². The van der Waals surface area contributed by atoms with Crippen LogP contribution in [-0.4, -0.2) is 51.7 Å². The molecule has 1 saturated heterocycles. The second-order valence-electron chi connectivity index (χ2n) is 6.50.